The van der Waals surface area contributed by atoms with Crippen LogP contribution >= 0.6 is 15.9 Å². The number of halogens is 1. The van der Waals surface area contributed by atoms with E-state index in [2.05, 4.69) is 31.1 Å². The first kappa shape index (κ1) is 17.1. The number of rotatable bonds is 5. The first-order valence-corrected chi connectivity index (χ1v) is 8.78. The Morgan fingerprint density at radius 1 is 1.25 bits per heavy atom. The molecule has 1 aromatic carbocycles. The highest BCUT2D eigenvalue weighted by Gasteiger charge is 2.20. The zero-order chi connectivity index (χ0) is 16.8. The fourth-order valence-electron chi connectivity index (χ4n) is 2.74. The van der Waals surface area contributed by atoms with Gasteiger partial charge in [-0.3, -0.25) is 14.7 Å². The van der Waals surface area contributed by atoms with Crippen molar-refractivity contribution in [1.29, 1.82) is 0 Å². The van der Waals surface area contributed by atoms with Crippen molar-refractivity contribution < 1.29 is 9.53 Å². The SMILES string of the molecule is O=C(N[C@H](CN1CCOCC1)c1ccccc1)c1cncc(Br)c1. The molecule has 0 unspecified atom stereocenters. The van der Waals surface area contributed by atoms with Crippen LogP contribution in [0.15, 0.2) is 53.3 Å². The minimum Gasteiger partial charge on any atom is -0.379 e. The highest BCUT2D eigenvalue weighted by atomic mass is 79.9. The molecule has 126 valence electrons. The molecule has 6 heteroatoms. The fourth-order valence-corrected chi connectivity index (χ4v) is 3.10. The lowest BCUT2D eigenvalue weighted by atomic mass is 10.1. The monoisotopic (exact) mass is 389 g/mol. The number of benzene rings is 1. The standard InChI is InChI=1S/C18H20BrN3O2/c19-16-10-15(11-20-12-16)18(23)21-17(14-4-2-1-3-5-14)13-22-6-8-24-9-7-22/h1-5,10-12,17H,6-9,13H2,(H,21,23)/t17-/m1/s1. The third kappa shape index (κ3) is 4.63. The molecule has 1 N–H and O–H groups in total. The lowest BCUT2D eigenvalue weighted by molar-refractivity contribution is 0.0332. The number of aromatic nitrogens is 1. The van der Waals surface area contributed by atoms with E-state index in [0.29, 0.717) is 5.56 Å². The van der Waals surface area contributed by atoms with Crippen LogP contribution in [0.5, 0.6) is 0 Å². The van der Waals surface area contributed by atoms with Crippen LogP contribution in [-0.4, -0.2) is 48.6 Å². The van der Waals surface area contributed by atoms with Crippen molar-refractivity contribution in [3.63, 3.8) is 0 Å². The van der Waals surface area contributed by atoms with Gasteiger partial charge in [-0.15, -0.1) is 0 Å². The van der Waals surface area contributed by atoms with Gasteiger partial charge in [0.15, 0.2) is 0 Å². The summed E-state index contributed by atoms with van der Waals surface area (Å²) in [5.74, 6) is -0.120. The van der Waals surface area contributed by atoms with Gasteiger partial charge in [0.2, 0.25) is 0 Å². The smallest absolute Gasteiger partial charge is 0.253 e. The summed E-state index contributed by atoms with van der Waals surface area (Å²) in [7, 11) is 0. The second-order valence-corrected chi connectivity index (χ2v) is 6.66. The second-order valence-electron chi connectivity index (χ2n) is 5.74. The van der Waals surface area contributed by atoms with E-state index >= 15 is 0 Å². The number of carbonyl (C=O) groups is 1. The Kier molecular flexibility index (Phi) is 5.96. The summed E-state index contributed by atoms with van der Waals surface area (Å²) in [6, 6.07) is 11.8. The first-order chi connectivity index (χ1) is 11.7. The minimum atomic E-state index is -0.120. The van der Waals surface area contributed by atoms with Gasteiger partial charge in [0.05, 0.1) is 24.8 Å². The van der Waals surface area contributed by atoms with Gasteiger partial charge >= 0.3 is 0 Å². The average Bonchev–Trinajstić information content (AvgIpc) is 2.63. The first-order valence-electron chi connectivity index (χ1n) is 7.99. The third-order valence-corrected chi connectivity index (χ3v) is 4.45. The molecule has 0 saturated carbocycles. The molecule has 0 bridgehead atoms. The molecule has 3 rings (SSSR count). The van der Waals surface area contributed by atoms with Gasteiger partial charge in [-0.1, -0.05) is 30.3 Å². The second kappa shape index (κ2) is 8.37. The molecule has 1 atom stereocenters. The number of carbonyl (C=O) groups excluding carboxylic acids is 1. The van der Waals surface area contributed by atoms with E-state index in [1.54, 1.807) is 18.5 Å². The average molecular weight is 390 g/mol. The number of hydrogen-bond acceptors (Lipinski definition) is 4. The van der Waals surface area contributed by atoms with E-state index in [1.807, 2.05) is 30.3 Å². The molecule has 1 amide bonds. The molecule has 1 aliphatic rings. The molecule has 1 aromatic heterocycles. The summed E-state index contributed by atoms with van der Waals surface area (Å²) in [6.45, 7) is 4.02. The van der Waals surface area contributed by atoms with Crippen LogP contribution in [0.4, 0.5) is 0 Å². The van der Waals surface area contributed by atoms with Crippen molar-refractivity contribution in [2.45, 2.75) is 6.04 Å². The topological polar surface area (TPSA) is 54.5 Å². The Hall–Kier alpha value is -1.76. The summed E-state index contributed by atoms with van der Waals surface area (Å²) in [6.07, 6.45) is 3.25. The van der Waals surface area contributed by atoms with Crippen molar-refractivity contribution in [1.82, 2.24) is 15.2 Å². The molecule has 2 heterocycles. The van der Waals surface area contributed by atoms with Gasteiger partial charge in [-0.2, -0.15) is 0 Å². The van der Waals surface area contributed by atoms with E-state index in [9.17, 15) is 4.79 Å². The van der Waals surface area contributed by atoms with E-state index in [0.717, 1.165) is 42.9 Å². The van der Waals surface area contributed by atoms with E-state index < -0.39 is 0 Å². The molecular formula is C18H20BrN3O2. The summed E-state index contributed by atoms with van der Waals surface area (Å²) in [5.41, 5.74) is 1.65. The highest BCUT2D eigenvalue weighted by molar-refractivity contribution is 9.10. The van der Waals surface area contributed by atoms with E-state index in [4.69, 9.17) is 4.74 Å². The van der Waals surface area contributed by atoms with Crippen molar-refractivity contribution in [2.24, 2.45) is 0 Å². The molecule has 5 nitrogen and oxygen atoms in total. The van der Waals surface area contributed by atoms with Gasteiger partial charge < -0.3 is 10.1 Å². The van der Waals surface area contributed by atoms with Crippen LogP contribution in [0.25, 0.3) is 0 Å². The van der Waals surface area contributed by atoms with Crippen LogP contribution < -0.4 is 5.32 Å². The number of nitrogens with one attached hydrogen (secondary N) is 1. The highest BCUT2D eigenvalue weighted by Crippen LogP contribution is 2.17. The molecule has 1 aliphatic heterocycles. The van der Waals surface area contributed by atoms with Gasteiger partial charge in [0, 0.05) is 36.5 Å². The van der Waals surface area contributed by atoms with Crippen LogP contribution in [0, 0.1) is 0 Å². The molecule has 0 radical (unpaired) electrons. The number of pyridine rings is 1. The minimum absolute atomic E-state index is 0.0734. The van der Waals surface area contributed by atoms with Crippen LogP contribution in [0.1, 0.15) is 22.0 Å². The fraction of sp³-hybridized carbons (Fsp3) is 0.333. The Morgan fingerprint density at radius 3 is 2.71 bits per heavy atom. The summed E-state index contributed by atoms with van der Waals surface area (Å²) < 4.78 is 6.20. The number of nitrogens with zero attached hydrogens (tertiary/aromatic N) is 2. The largest absolute Gasteiger partial charge is 0.379 e. The molecule has 24 heavy (non-hydrogen) atoms. The molecule has 1 fully saturated rings. The summed E-state index contributed by atoms with van der Waals surface area (Å²) >= 11 is 3.36. The van der Waals surface area contributed by atoms with Crippen molar-refractivity contribution in [3.8, 4) is 0 Å². The molecule has 2 aromatic rings. The van der Waals surface area contributed by atoms with Crippen LogP contribution in [0.3, 0.4) is 0 Å². The molecule has 0 aliphatic carbocycles. The Labute approximate surface area is 150 Å². The predicted octanol–water partition coefficient (Wildman–Crippen LogP) is 2.65. The maximum absolute atomic E-state index is 12.6. The Morgan fingerprint density at radius 2 is 2.00 bits per heavy atom. The lowest BCUT2D eigenvalue weighted by Gasteiger charge is -2.31. The number of morpholine rings is 1. The Bertz CT molecular complexity index is 675. The Balaban J connectivity index is 1.75. The quantitative estimate of drug-likeness (QED) is 0.853. The molecular weight excluding hydrogens is 370 g/mol. The molecule has 0 spiro atoms. The zero-order valence-electron chi connectivity index (χ0n) is 13.3. The van der Waals surface area contributed by atoms with E-state index in [1.165, 1.54) is 0 Å². The van der Waals surface area contributed by atoms with Crippen molar-refractivity contribution in [2.75, 3.05) is 32.8 Å². The number of hydrogen-bond donors (Lipinski definition) is 1. The van der Waals surface area contributed by atoms with Crippen LogP contribution in [-0.2, 0) is 4.74 Å². The van der Waals surface area contributed by atoms with Gasteiger partial charge in [0.1, 0.15) is 0 Å². The lowest BCUT2D eigenvalue weighted by Crippen LogP contribution is -2.43. The summed E-state index contributed by atoms with van der Waals surface area (Å²) in [4.78, 5) is 19.0. The summed E-state index contributed by atoms with van der Waals surface area (Å²) in [5, 5.41) is 3.14. The normalized spacial score (nSPS) is 16.5. The van der Waals surface area contributed by atoms with Crippen LogP contribution in [0.2, 0.25) is 0 Å². The van der Waals surface area contributed by atoms with Crippen molar-refractivity contribution in [3.05, 3.63) is 64.4 Å². The number of ether oxygens (including phenoxy) is 1. The predicted molar refractivity (Wildman–Crippen MR) is 95.8 cm³/mol. The van der Waals surface area contributed by atoms with E-state index in [-0.39, 0.29) is 11.9 Å². The van der Waals surface area contributed by atoms with Gasteiger partial charge in [-0.25, -0.2) is 0 Å². The zero-order valence-corrected chi connectivity index (χ0v) is 14.9. The maximum Gasteiger partial charge on any atom is 0.253 e. The van der Waals surface area contributed by atoms with Crippen molar-refractivity contribution >= 4 is 21.8 Å². The van der Waals surface area contributed by atoms with Gasteiger partial charge in [-0.05, 0) is 27.6 Å². The van der Waals surface area contributed by atoms with Gasteiger partial charge in [0.25, 0.3) is 5.91 Å². The maximum atomic E-state index is 12.6. The number of amides is 1. The third-order valence-electron chi connectivity index (χ3n) is 4.02. The molecule has 1 saturated heterocycles.